The van der Waals surface area contributed by atoms with Crippen LogP contribution in [0.25, 0.3) is 0 Å². The standard InChI is InChI=1S/C12H11N3S/c1-9-2-4-10(5-3-9)7-14-12-15-8-11(6-13)16-12/h2-5,8H,7H2,1H3,(H,14,15). The zero-order chi connectivity index (χ0) is 11.4. The highest BCUT2D eigenvalue weighted by molar-refractivity contribution is 7.16. The lowest BCUT2D eigenvalue weighted by molar-refractivity contribution is 1.13. The van der Waals surface area contributed by atoms with Crippen LogP contribution in [-0.4, -0.2) is 4.98 Å². The fourth-order valence-corrected chi connectivity index (χ4v) is 1.90. The van der Waals surface area contributed by atoms with E-state index >= 15 is 0 Å². The number of aromatic nitrogens is 1. The maximum Gasteiger partial charge on any atom is 0.184 e. The highest BCUT2D eigenvalue weighted by Gasteiger charge is 2.00. The Bertz CT molecular complexity index is 508. The van der Waals surface area contributed by atoms with Crippen molar-refractivity contribution in [1.82, 2.24) is 4.98 Å². The molecule has 16 heavy (non-hydrogen) atoms. The Labute approximate surface area is 98.4 Å². The number of rotatable bonds is 3. The summed E-state index contributed by atoms with van der Waals surface area (Å²) in [6, 6.07) is 10.4. The Morgan fingerprint density at radius 3 is 2.75 bits per heavy atom. The summed E-state index contributed by atoms with van der Waals surface area (Å²) in [5.41, 5.74) is 2.46. The van der Waals surface area contributed by atoms with Gasteiger partial charge in [0, 0.05) is 6.54 Å². The van der Waals surface area contributed by atoms with Crippen LogP contribution in [0.4, 0.5) is 5.13 Å². The molecule has 3 nitrogen and oxygen atoms in total. The minimum Gasteiger partial charge on any atom is -0.357 e. The molecule has 0 atom stereocenters. The maximum atomic E-state index is 8.66. The molecule has 0 aliphatic rings. The predicted molar refractivity (Wildman–Crippen MR) is 65.3 cm³/mol. The minimum absolute atomic E-state index is 0.631. The van der Waals surface area contributed by atoms with E-state index in [4.69, 9.17) is 5.26 Å². The summed E-state index contributed by atoms with van der Waals surface area (Å²) in [7, 11) is 0. The number of anilines is 1. The molecule has 0 aliphatic heterocycles. The SMILES string of the molecule is Cc1ccc(CNc2ncc(C#N)s2)cc1. The van der Waals surface area contributed by atoms with Gasteiger partial charge in [0.2, 0.25) is 0 Å². The summed E-state index contributed by atoms with van der Waals surface area (Å²) in [6.45, 7) is 2.80. The molecule has 2 rings (SSSR count). The van der Waals surface area contributed by atoms with Crippen LogP contribution in [0.3, 0.4) is 0 Å². The highest BCUT2D eigenvalue weighted by Crippen LogP contribution is 2.17. The van der Waals surface area contributed by atoms with Crippen molar-refractivity contribution in [2.45, 2.75) is 13.5 Å². The third kappa shape index (κ3) is 2.59. The van der Waals surface area contributed by atoms with Crippen LogP contribution in [0, 0.1) is 18.3 Å². The van der Waals surface area contributed by atoms with Crippen molar-refractivity contribution >= 4 is 16.5 Å². The van der Waals surface area contributed by atoms with Crippen molar-refractivity contribution < 1.29 is 0 Å². The van der Waals surface area contributed by atoms with Crippen LogP contribution >= 0.6 is 11.3 Å². The van der Waals surface area contributed by atoms with Gasteiger partial charge in [-0.25, -0.2) is 4.98 Å². The summed E-state index contributed by atoms with van der Waals surface area (Å²) in [5.74, 6) is 0. The number of thiazole rings is 1. The zero-order valence-electron chi connectivity index (χ0n) is 8.90. The van der Waals surface area contributed by atoms with Gasteiger partial charge in [-0.05, 0) is 12.5 Å². The van der Waals surface area contributed by atoms with Crippen LogP contribution in [0.1, 0.15) is 16.0 Å². The lowest BCUT2D eigenvalue weighted by Gasteiger charge is -2.02. The van der Waals surface area contributed by atoms with Gasteiger partial charge in [-0.3, -0.25) is 0 Å². The molecule has 0 amide bonds. The van der Waals surface area contributed by atoms with E-state index in [2.05, 4.69) is 47.6 Å². The van der Waals surface area contributed by atoms with Crippen molar-refractivity contribution in [3.63, 3.8) is 0 Å². The summed E-state index contributed by atoms with van der Waals surface area (Å²) in [6.07, 6.45) is 1.59. The first-order valence-corrected chi connectivity index (χ1v) is 5.75. The Balaban J connectivity index is 1.97. The number of nitrogens with one attached hydrogen (secondary N) is 1. The van der Waals surface area contributed by atoms with Gasteiger partial charge in [-0.1, -0.05) is 41.2 Å². The van der Waals surface area contributed by atoms with Gasteiger partial charge in [0.05, 0.1) is 6.20 Å². The van der Waals surface area contributed by atoms with Crippen molar-refractivity contribution in [1.29, 1.82) is 5.26 Å². The molecule has 2 aromatic rings. The van der Waals surface area contributed by atoms with E-state index in [0.717, 1.165) is 11.7 Å². The molecular formula is C12H11N3S. The molecule has 0 unspecified atom stereocenters. The van der Waals surface area contributed by atoms with Gasteiger partial charge >= 0.3 is 0 Å². The second kappa shape index (κ2) is 4.77. The van der Waals surface area contributed by atoms with E-state index in [9.17, 15) is 0 Å². The third-order valence-corrected chi connectivity index (χ3v) is 3.04. The van der Waals surface area contributed by atoms with Crippen LogP contribution in [-0.2, 0) is 6.54 Å². The van der Waals surface area contributed by atoms with Crippen LogP contribution in [0.5, 0.6) is 0 Å². The fourth-order valence-electron chi connectivity index (χ4n) is 1.29. The molecule has 0 fully saturated rings. The first kappa shape index (κ1) is 10.7. The molecule has 1 N–H and O–H groups in total. The molecule has 1 heterocycles. The Hall–Kier alpha value is -1.86. The summed E-state index contributed by atoms with van der Waals surface area (Å²) in [5, 5.41) is 12.6. The quantitative estimate of drug-likeness (QED) is 0.880. The molecule has 0 saturated heterocycles. The molecule has 0 saturated carbocycles. The summed E-state index contributed by atoms with van der Waals surface area (Å²) >= 11 is 1.37. The van der Waals surface area contributed by atoms with Crippen LogP contribution < -0.4 is 5.32 Å². The molecular weight excluding hydrogens is 218 g/mol. The number of hydrogen-bond donors (Lipinski definition) is 1. The number of hydrogen-bond acceptors (Lipinski definition) is 4. The monoisotopic (exact) mass is 229 g/mol. The molecule has 4 heteroatoms. The average Bonchev–Trinajstić information content (AvgIpc) is 2.76. The molecule has 80 valence electrons. The average molecular weight is 229 g/mol. The number of nitrogens with zero attached hydrogens (tertiary/aromatic N) is 2. The second-order valence-corrected chi connectivity index (χ2v) is 4.51. The van der Waals surface area contributed by atoms with E-state index in [-0.39, 0.29) is 0 Å². The largest absolute Gasteiger partial charge is 0.357 e. The molecule has 0 radical (unpaired) electrons. The van der Waals surface area contributed by atoms with Crippen molar-refractivity contribution in [2.24, 2.45) is 0 Å². The van der Waals surface area contributed by atoms with E-state index in [1.54, 1.807) is 6.20 Å². The molecule has 0 bridgehead atoms. The normalized spacial score (nSPS) is 9.75. The van der Waals surface area contributed by atoms with Crippen LogP contribution in [0.2, 0.25) is 0 Å². The van der Waals surface area contributed by atoms with Gasteiger partial charge in [-0.15, -0.1) is 0 Å². The highest BCUT2D eigenvalue weighted by atomic mass is 32.1. The van der Waals surface area contributed by atoms with Crippen molar-refractivity contribution in [2.75, 3.05) is 5.32 Å². The number of aryl methyl sites for hydroxylation is 1. The lowest BCUT2D eigenvalue weighted by atomic mass is 10.1. The lowest BCUT2D eigenvalue weighted by Crippen LogP contribution is -1.98. The van der Waals surface area contributed by atoms with Gasteiger partial charge in [0.1, 0.15) is 10.9 Å². The summed E-state index contributed by atoms with van der Waals surface area (Å²) in [4.78, 5) is 4.74. The van der Waals surface area contributed by atoms with Gasteiger partial charge in [-0.2, -0.15) is 5.26 Å². The van der Waals surface area contributed by atoms with E-state index in [1.807, 2.05) is 0 Å². The second-order valence-electron chi connectivity index (χ2n) is 3.48. The fraction of sp³-hybridized carbons (Fsp3) is 0.167. The Morgan fingerprint density at radius 2 is 2.12 bits per heavy atom. The van der Waals surface area contributed by atoms with Gasteiger partial charge in [0.15, 0.2) is 5.13 Å². The Kier molecular flexibility index (Phi) is 3.18. The first-order chi connectivity index (χ1) is 7.78. The molecule has 0 aliphatic carbocycles. The summed E-state index contributed by atoms with van der Waals surface area (Å²) < 4.78 is 0. The van der Waals surface area contributed by atoms with Crippen molar-refractivity contribution in [3.05, 3.63) is 46.5 Å². The number of nitriles is 1. The van der Waals surface area contributed by atoms with Gasteiger partial charge in [0.25, 0.3) is 0 Å². The minimum atomic E-state index is 0.631. The predicted octanol–water partition coefficient (Wildman–Crippen LogP) is 2.94. The number of benzene rings is 1. The third-order valence-electron chi connectivity index (χ3n) is 2.18. The van der Waals surface area contributed by atoms with Crippen LogP contribution in [0.15, 0.2) is 30.5 Å². The zero-order valence-corrected chi connectivity index (χ0v) is 9.71. The molecule has 0 spiro atoms. The smallest absolute Gasteiger partial charge is 0.184 e. The molecule has 1 aromatic heterocycles. The van der Waals surface area contributed by atoms with E-state index < -0.39 is 0 Å². The first-order valence-electron chi connectivity index (χ1n) is 4.93. The van der Waals surface area contributed by atoms with E-state index in [0.29, 0.717) is 4.88 Å². The van der Waals surface area contributed by atoms with Crippen molar-refractivity contribution in [3.8, 4) is 6.07 Å². The Morgan fingerprint density at radius 1 is 1.38 bits per heavy atom. The maximum absolute atomic E-state index is 8.66. The topological polar surface area (TPSA) is 48.7 Å². The molecule has 1 aromatic carbocycles. The van der Waals surface area contributed by atoms with Gasteiger partial charge < -0.3 is 5.32 Å². The van der Waals surface area contributed by atoms with E-state index in [1.165, 1.54) is 22.5 Å².